The molecule has 70 valence electrons. The SMILES string of the molecule is C[C@@H]1CCCN1c1ccc(Cl)cc1. The molecule has 2 rings (SSSR count). The zero-order chi connectivity index (χ0) is 9.26. The number of halogens is 1. The first-order valence-corrected chi connectivity index (χ1v) is 5.17. The van der Waals surface area contributed by atoms with Gasteiger partial charge in [0.05, 0.1) is 0 Å². The minimum absolute atomic E-state index is 0.682. The molecule has 0 amide bonds. The van der Waals surface area contributed by atoms with Crippen molar-refractivity contribution in [1.29, 1.82) is 0 Å². The van der Waals surface area contributed by atoms with E-state index in [0.29, 0.717) is 6.04 Å². The van der Waals surface area contributed by atoms with E-state index in [1.54, 1.807) is 0 Å². The smallest absolute Gasteiger partial charge is 0.0407 e. The third-order valence-corrected chi connectivity index (χ3v) is 2.96. The van der Waals surface area contributed by atoms with Crippen molar-refractivity contribution in [1.82, 2.24) is 0 Å². The van der Waals surface area contributed by atoms with Gasteiger partial charge in [-0.25, -0.2) is 0 Å². The average molecular weight is 196 g/mol. The Morgan fingerprint density at radius 1 is 1.31 bits per heavy atom. The summed E-state index contributed by atoms with van der Waals surface area (Å²) in [4.78, 5) is 2.44. The van der Waals surface area contributed by atoms with Gasteiger partial charge in [-0.15, -0.1) is 0 Å². The monoisotopic (exact) mass is 195 g/mol. The Hall–Kier alpha value is -0.690. The molecular formula is C11H14ClN. The predicted octanol–water partition coefficient (Wildman–Crippen LogP) is 3.33. The standard InChI is InChI=1S/C11H14ClN/c1-9-3-2-8-13(9)11-6-4-10(12)5-7-11/h4-7,9H,2-3,8H2,1H3/t9-/m1/s1. The van der Waals surface area contributed by atoms with Gasteiger partial charge in [-0.2, -0.15) is 0 Å². The highest BCUT2D eigenvalue weighted by atomic mass is 35.5. The molecule has 1 nitrogen and oxygen atoms in total. The minimum Gasteiger partial charge on any atom is -0.369 e. The quantitative estimate of drug-likeness (QED) is 0.665. The van der Waals surface area contributed by atoms with Gasteiger partial charge in [0.1, 0.15) is 0 Å². The molecule has 0 aromatic heterocycles. The largest absolute Gasteiger partial charge is 0.369 e. The summed E-state index contributed by atoms with van der Waals surface area (Å²) in [6.45, 7) is 3.46. The molecule has 0 radical (unpaired) electrons. The highest BCUT2D eigenvalue weighted by molar-refractivity contribution is 6.30. The second-order valence-electron chi connectivity index (χ2n) is 3.66. The van der Waals surface area contributed by atoms with Crippen LogP contribution in [0.2, 0.25) is 5.02 Å². The molecule has 2 heteroatoms. The van der Waals surface area contributed by atoms with Crippen molar-refractivity contribution >= 4 is 17.3 Å². The zero-order valence-corrected chi connectivity index (χ0v) is 8.59. The Balaban J connectivity index is 2.20. The lowest BCUT2D eigenvalue weighted by Gasteiger charge is -2.23. The van der Waals surface area contributed by atoms with Crippen molar-refractivity contribution in [3.05, 3.63) is 29.3 Å². The number of nitrogens with zero attached hydrogens (tertiary/aromatic N) is 1. The predicted molar refractivity (Wildman–Crippen MR) is 57.5 cm³/mol. The Morgan fingerprint density at radius 2 is 2.00 bits per heavy atom. The number of hydrogen-bond acceptors (Lipinski definition) is 1. The van der Waals surface area contributed by atoms with Gasteiger partial charge < -0.3 is 4.90 Å². The van der Waals surface area contributed by atoms with Crippen LogP contribution < -0.4 is 4.90 Å². The highest BCUT2D eigenvalue weighted by Gasteiger charge is 2.19. The molecule has 0 N–H and O–H groups in total. The Bertz CT molecular complexity index is 281. The second-order valence-corrected chi connectivity index (χ2v) is 4.10. The molecule has 1 saturated heterocycles. The van der Waals surface area contributed by atoms with E-state index in [0.717, 1.165) is 5.02 Å². The Morgan fingerprint density at radius 3 is 2.54 bits per heavy atom. The lowest BCUT2D eigenvalue weighted by molar-refractivity contribution is 0.735. The molecule has 1 atom stereocenters. The number of anilines is 1. The summed E-state index contributed by atoms with van der Waals surface area (Å²) in [7, 11) is 0. The van der Waals surface area contributed by atoms with Gasteiger partial charge in [0.2, 0.25) is 0 Å². The maximum Gasteiger partial charge on any atom is 0.0407 e. The van der Waals surface area contributed by atoms with E-state index in [1.807, 2.05) is 12.1 Å². The lowest BCUT2D eigenvalue weighted by atomic mass is 10.2. The summed E-state index contributed by atoms with van der Waals surface area (Å²) >= 11 is 5.84. The van der Waals surface area contributed by atoms with Gasteiger partial charge in [-0.3, -0.25) is 0 Å². The fourth-order valence-corrected chi connectivity index (χ4v) is 2.08. The fourth-order valence-electron chi connectivity index (χ4n) is 1.95. The third-order valence-electron chi connectivity index (χ3n) is 2.71. The molecule has 1 fully saturated rings. The van der Waals surface area contributed by atoms with Crippen LogP contribution in [0.4, 0.5) is 5.69 Å². The molecule has 13 heavy (non-hydrogen) atoms. The molecule has 1 aromatic rings. The molecule has 1 aliphatic heterocycles. The molecule has 1 heterocycles. The number of benzene rings is 1. The fraction of sp³-hybridized carbons (Fsp3) is 0.455. The first-order chi connectivity index (χ1) is 6.27. The summed E-state index contributed by atoms with van der Waals surface area (Å²) in [6, 6.07) is 8.80. The Kier molecular flexibility index (Phi) is 2.45. The zero-order valence-electron chi connectivity index (χ0n) is 7.83. The number of hydrogen-bond donors (Lipinski definition) is 0. The van der Waals surface area contributed by atoms with E-state index in [-0.39, 0.29) is 0 Å². The van der Waals surface area contributed by atoms with Crippen LogP contribution in [0.25, 0.3) is 0 Å². The highest BCUT2D eigenvalue weighted by Crippen LogP contribution is 2.26. The lowest BCUT2D eigenvalue weighted by Crippen LogP contribution is -2.25. The number of rotatable bonds is 1. The third kappa shape index (κ3) is 1.80. The summed E-state index contributed by atoms with van der Waals surface area (Å²) in [5.41, 5.74) is 1.30. The van der Waals surface area contributed by atoms with E-state index in [1.165, 1.54) is 25.1 Å². The topological polar surface area (TPSA) is 3.24 Å². The van der Waals surface area contributed by atoms with Gasteiger partial charge in [0.15, 0.2) is 0 Å². The van der Waals surface area contributed by atoms with Crippen molar-refractivity contribution < 1.29 is 0 Å². The van der Waals surface area contributed by atoms with Crippen LogP contribution in [0.3, 0.4) is 0 Å². The molecule has 1 aromatic carbocycles. The van der Waals surface area contributed by atoms with Crippen molar-refractivity contribution in [2.75, 3.05) is 11.4 Å². The van der Waals surface area contributed by atoms with Crippen molar-refractivity contribution in [2.24, 2.45) is 0 Å². The van der Waals surface area contributed by atoms with Crippen molar-refractivity contribution in [3.8, 4) is 0 Å². The van der Waals surface area contributed by atoms with Crippen LogP contribution >= 0.6 is 11.6 Å². The Labute approximate surface area is 84.3 Å². The summed E-state index contributed by atoms with van der Waals surface area (Å²) in [5.74, 6) is 0. The van der Waals surface area contributed by atoms with Crippen molar-refractivity contribution in [3.63, 3.8) is 0 Å². The van der Waals surface area contributed by atoms with Gasteiger partial charge in [-0.05, 0) is 44.0 Å². The van der Waals surface area contributed by atoms with Gasteiger partial charge in [-0.1, -0.05) is 11.6 Å². The maximum atomic E-state index is 5.84. The normalized spacial score (nSPS) is 22.3. The van der Waals surface area contributed by atoms with Crippen molar-refractivity contribution in [2.45, 2.75) is 25.8 Å². The maximum absolute atomic E-state index is 5.84. The summed E-state index contributed by atoms with van der Waals surface area (Å²) in [5, 5.41) is 0.815. The van der Waals surface area contributed by atoms with Gasteiger partial charge in [0, 0.05) is 23.3 Å². The van der Waals surface area contributed by atoms with Crippen LogP contribution in [0.1, 0.15) is 19.8 Å². The van der Waals surface area contributed by atoms with E-state index in [4.69, 9.17) is 11.6 Å². The average Bonchev–Trinajstić information content (AvgIpc) is 2.53. The van der Waals surface area contributed by atoms with E-state index < -0.39 is 0 Å². The molecule has 0 bridgehead atoms. The van der Waals surface area contributed by atoms with Crippen LogP contribution in [-0.2, 0) is 0 Å². The first-order valence-electron chi connectivity index (χ1n) is 4.79. The van der Waals surface area contributed by atoms with Crippen LogP contribution in [0, 0.1) is 0 Å². The van der Waals surface area contributed by atoms with E-state index in [9.17, 15) is 0 Å². The van der Waals surface area contributed by atoms with Gasteiger partial charge in [0.25, 0.3) is 0 Å². The van der Waals surface area contributed by atoms with Crippen LogP contribution in [-0.4, -0.2) is 12.6 Å². The molecule has 0 aliphatic carbocycles. The first kappa shape index (κ1) is 8.89. The molecule has 0 spiro atoms. The van der Waals surface area contributed by atoms with Gasteiger partial charge >= 0.3 is 0 Å². The molecule has 0 unspecified atom stereocenters. The second kappa shape index (κ2) is 3.59. The summed E-state index contributed by atoms with van der Waals surface area (Å²) in [6.07, 6.45) is 2.62. The minimum atomic E-state index is 0.682. The van der Waals surface area contributed by atoms with E-state index >= 15 is 0 Å². The molecular weight excluding hydrogens is 182 g/mol. The molecule has 1 aliphatic rings. The van der Waals surface area contributed by atoms with E-state index in [2.05, 4.69) is 24.0 Å². The summed E-state index contributed by atoms with van der Waals surface area (Å²) < 4.78 is 0. The molecule has 0 saturated carbocycles. The van der Waals surface area contributed by atoms with Crippen LogP contribution in [0.15, 0.2) is 24.3 Å². The van der Waals surface area contributed by atoms with Crippen LogP contribution in [0.5, 0.6) is 0 Å².